The summed E-state index contributed by atoms with van der Waals surface area (Å²) in [6.07, 6.45) is 8.28. The van der Waals surface area contributed by atoms with Gasteiger partial charge in [-0.05, 0) is 53.3 Å². The largest absolute Gasteiger partial charge is 0.435 e. The summed E-state index contributed by atoms with van der Waals surface area (Å²) in [7, 11) is 0. The van der Waals surface area contributed by atoms with Crippen molar-refractivity contribution in [3.63, 3.8) is 0 Å². The van der Waals surface area contributed by atoms with Crippen LogP contribution >= 0.6 is 0 Å². The molecule has 0 amide bonds. The third-order valence-electron chi connectivity index (χ3n) is 5.46. The molecule has 0 spiro atoms. The lowest BCUT2D eigenvalue weighted by Gasteiger charge is -2.09. The van der Waals surface area contributed by atoms with Crippen LogP contribution < -0.4 is 4.74 Å². The van der Waals surface area contributed by atoms with Gasteiger partial charge < -0.3 is 4.74 Å². The lowest BCUT2D eigenvalue weighted by molar-refractivity contribution is -0.0498. The number of alkyl halides is 2. The van der Waals surface area contributed by atoms with Crippen LogP contribution in [0, 0.1) is 5.82 Å². The Hall–Kier alpha value is -2.75. The lowest BCUT2D eigenvalue weighted by Crippen LogP contribution is -2.01. The molecule has 0 fully saturated rings. The van der Waals surface area contributed by atoms with Crippen molar-refractivity contribution in [3.8, 4) is 28.0 Å². The summed E-state index contributed by atoms with van der Waals surface area (Å²) < 4.78 is 43.6. The first-order valence-electron chi connectivity index (χ1n) is 11.0. The highest BCUT2D eigenvalue weighted by atomic mass is 19.3. The quantitative estimate of drug-likeness (QED) is 0.279. The fourth-order valence-corrected chi connectivity index (χ4v) is 3.73. The van der Waals surface area contributed by atoms with Gasteiger partial charge in [0.1, 0.15) is 11.6 Å². The molecule has 0 unspecified atom stereocenters. The number of ether oxygens (including phenoxy) is 1. The molecule has 0 aliphatic carbocycles. The first-order valence-corrected chi connectivity index (χ1v) is 11.0. The lowest BCUT2D eigenvalue weighted by atomic mass is 9.98. The van der Waals surface area contributed by atoms with Gasteiger partial charge in [0, 0.05) is 5.56 Å². The highest BCUT2D eigenvalue weighted by Crippen LogP contribution is 2.28. The molecule has 3 rings (SSSR count). The first-order chi connectivity index (χ1) is 15.1. The monoisotopic (exact) mass is 426 g/mol. The van der Waals surface area contributed by atoms with E-state index < -0.39 is 6.61 Å². The zero-order valence-corrected chi connectivity index (χ0v) is 17.9. The van der Waals surface area contributed by atoms with E-state index in [2.05, 4.69) is 11.7 Å². The molecule has 0 N–H and O–H groups in total. The smallest absolute Gasteiger partial charge is 0.387 e. The number of hydrogen-bond acceptors (Lipinski definition) is 1. The molecular weight excluding hydrogens is 397 g/mol. The van der Waals surface area contributed by atoms with Gasteiger partial charge in [0.15, 0.2) is 0 Å². The first kappa shape index (κ1) is 22.9. The van der Waals surface area contributed by atoms with E-state index in [4.69, 9.17) is 0 Å². The van der Waals surface area contributed by atoms with Gasteiger partial charge in [-0.1, -0.05) is 87.6 Å². The Kier molecular flexibility index (Phi) is 8.57. The van der Waals surface area contributed by atoms with E-state index in [1.807, 2.05) is 36.4 Å². The van der Waals surface area contributed by atoms with Crippen LogP contribution in [0.4, 0.5) is 13.2 Å². The van der Waals surface area contributed by atoms with Crippen molar-refractivity contribution in [1.29, 1.82) is 0 Å². The van der Waals surface area contributed by atoms with Crippen LogP contribution in [-0.4, -0.2) is 6.61 Å². The zero-order chi connectivity index (χ0) is 22.1. The van der Waals surface area contributed by atoms with E-state index in [1.165, 1.54) is 44.2 Å². The van der Waals surface area contributed by atoms with Gasteiger partial charge in [0.2, 0.25) is 0 Å². The van der Waals surface area contributed by atoms with E-state index in [9.17, 15) is 13.2 Å². The van der Waals surface area contributed by atoms with Crippen molar-refractivity contribution in [2.45, 2.75) is 58.5 Å². The molecule has 0 radical (unpaired) electrons. The molecule has 1 nitrogen and oxygen atoms in total. The molecule has 31 heavy (non-hydrogen) atoms. The zero-order valence-electron chi connectivity index (χ0n) is 17.9. The SMILES string of the molecule is CCCCCCCCc1ccc(-c2ccc(-c3ccc(OC(F)F)cc3)cc2)c(F)c1. The number of unbranched alkanes of at least 4 members (excludes halogenated alkanes) is 5. The number of aryl methyl sites for hydroxylation is 1. The molecule has 3 aromatic rings. The molecule has 3 aromatic carbocycles. The summed E-state index contributed by atoms with van der Waals surface area (Å²) in [6, 6.07) is 19.6. The maximum atomic E-state index is 14.7. The molecule has 0 saturated carbocycles. The van der Waals surface area contributed by atoms with Gasteiger partial charge in [-0.3, -0.25) is 0 Å². The Morgan fingerprint density at radius 1 is 0.710 bits per heavy atom. The molecule has 164 valence electrons. The fraction of sp³-hybridized carbons (Fsp3) is 0.333. The van der Waals surface area contributed by atoms with E-state index in [0.717, 1.165) is 35.1 Å². The summed E-state index contributed by atoms with van der Waals surface area (Å²) >= 11 is 0. The van der Waals surface area contributed by atoms with Crippen molar-refractivity contribution in [2.24, 2.45) is 0 Å². The van der Waals surface area contributed by atoms with E-state index in [1.54, 1.807) is 18.2 Å². The maximum Gasteiger partial charge on any atom is 0.387 e. The second kappa shape index (κ2) is 11.6. The Balaban J connectivity index is 1.61. The van der Waals surface area contributed by atoms with E-state index >= 15 is 0 Å². The third kappa shape index (κ3) is 6.88. The van der Waals surface area contributed by atoms with Crippen molar-refractivity contribution in [1.82, 2.24) is 0 Å². The van der Waals surface area contributed by atoms with Gasteiger partial charge >= 0.3 is 6.61 Å². The Morgan fingerprint density at radius 3 is 1.90 bits per heavy atom. The second-order valence-electron chi connectivity index (χ2n) is 7.81. The van der Waals surface area contributed by atoms with Crippen LogP contribution in [-0.2, 0) is 6.42 Å². The molecule has 0 bridgehead atoms. The molecule has 0 aliphatic rings. The molecule has 0 atom stereocenters. The predicted octanol–water partition coefficient (Wildman–Crippen LogP) is 8.66. The average Bonchev–Trinajstić information content (AvgIpc) is 2.77. The van der Waals surface area contributed by atoms with Gasteiger partial charge in [-0.25, -0.2) is 4.39 Å². The van der Waals surface area contributed by atoms with E-state index in [-0.39, 0.29) is 11.6 Å². The molecule has 4 heteroatoms. The van der Waals surface area contributed by atoms with Gasteiger partial charge in [0.25, 0.3) is 0 Å². The predicted molar refractivity (Wildman–Crippen MR) is 121 cm³/mol. The van der Waals surface area contributed by atoms with Crippen LogP contribution in [0.2, 0.25) is 0 Å². The summed E-state index contributed by atoms with van der Waals surface area (Å²) in [5, 5.41) is 0. The van der Waals surface area contributed by atoms with Crippen molar-refractivity contribution in [3.05, 3.63) is 78.1 Å². The average molecular weight is 427 g/mol. The standard InChI is InChI=1S/C27H29F3O/c1-2-3-4-5-6-7-8-20-9-18-25(26(28)19-20)23-12-10-21(11-13-23)22-14-16-24(17-15-22)31-27(29)30/h9-19,27H,2-8H2,1H3. The maximum absolute atomic E-state index is 14.7. The number of halogens is 3. The Bertz CT molecular complexity index is 934. The van der Waals surface area contributed by atoms with Crippen LogP contribution in [0.1, 0.15) is 51.0 Å². The highest BCUT2D eigenvalue weighted by Gasteiger charge is 2.08. The van der Waals surface area contributed by atoms with Gasteiger partial charge in [-0.2, -0.15) is 8.78 Å². The Morgan fingerprint density at radius 2 is 1.29 bits per heavy atom. The van der Waals surface area contributed by atoms with Gasteiger partial charge in [0.05, 0.1) is 0 Å². The van der Waals surface area contributed by atoms with E-state index in [0.29, 0.717) is 5.56 Å². The molecular formula is C27H29F3O. The van der Waals surface area contributed by atoms with Gasteiger partial charge in [-0.15, -0.1) is 0 Å². The van der Waals surface area contributed by atoms with Crippen molar-refractivity contribution in [2.75, 3.05) is 0 Å². The summed E-state index contributed by atoms with van der Waals surface area (Å²) in [6.45, 7) is -0.624. The van der Waals surface area contributed by atoms with Crippen molar-refractivity contribution >= 4 is 0 Å². The number of rotatable bonds is 11. The summed E-state index contributed by atoms with van der Waals surface area (Å²) in [5.41, 5.74) is 4.23. The number of benzene rings is 3. The minimum Gasteiger partial charge on any atom is -0.435 e. The van der Waals surface area contributed by atoms with Crippen LogP contribution in [0.15, 0.2) is 66.7 Å². The molecule has 0 aliphatic heterocycles. The summed E-state index contributed by atoms with van der Waals surface area (Å²) in [4.78, 5) is 0. The van der Waals surface area contributed by atoms with Crippen molar-refractivity contribution < 1.29 is 17.9 Å². The summed E-state index contributed by atoms with van der Waals surface area (Å²) in [5.74, 6) is -0.0803. The fourth-order valence-electron chi connectivity index (χ4n) is 3.73. The minimum absolute atomic E-state index is 0.124. The van der Waals surface area contributed by atoms with Crippen LogP contribution in [0.3, 0.4) is 0 Å². The highest BCUT2D eigenvalue weighted by molar-refractivity contribution is 5.71. The van der Waals surface area contributed by atoms with Crippen LogP contribution in [0.5, 0.6) is 5.75 Å². The van der Waals surface area contributed by atoms with Crippen LogP contribution in [0.25, 0.3) is 22.3 Å². The molecule has 0 aromatic heterocycles. The Labute approximate surface area is 182 Å². The minimum atomic E-state index is -2.84. The topological polar surface area (TPSA) is 9.23 Å². The number of hydrogen-bond donors (Lipinski definition) is 0. The third-order valence-corrected chi connectivity index (χ3v) is 5.46. The normalized spacial score (nSPS) is 11.1. The molecule has 0 saturated heterocycles. The second-order valence-corrected chi connectivity index (χ2v) is 7.81. The molecule has 0 heterocycles.